The van der Waals surface area contributed by atoms with Gasteiger partial charge in [-0.25, -0.2) is 4.98 Å². The molecule has 2 unspecified atom stereocenters. The number of amides is 1. The number of carboxylic acids is 1. The van der Waals surface area contributed by atoms with Gasteiger partial charge >= 0.3 is 5.97 Å². The van der Waals surface area contributed by atoms with E-state index in [2.05, 4.69) is 4.98 Å². The van der Waals surface area contributed by atoms with Gasteiger partial charge < -0.3 is 14.7 Å². The molecule has 2 aromatic rings. The number of hydrogen-bond acceptors (Lipinski definition) is 5. The fraction of sp³-hybridized carbons (Fsp3) is 0.474. The van der Waals surface area contributed by atoms with Crippen LogP contribution in [0.15, 0.2) is 29.3 Å². The third kappa shape index (κ3) is 4.00. The van der Waals surface area contributed by atoms with Crippen molar-refractivity contribution in [3.8, 4) is 0 Å². The first kappa shape index (κ1) is 19.0. The van der Waals surface area contributed by atoms with Crippen molar-refractivity contribution >= 4 is 22.8 Å². The Morgan fingerprint density at radius 2 is 2.15 bits per heavy atom. The van der Waals surface area contributed by atoms with Gasteiger partial charge in [-0.3, -0.25) is 19.0 Å². The van der Waals surface area contributed by atoms with Crippen LogP contribution in [0.4, 0.5) is 0 Å². The summed E-state index contributed by atoms with van der Waals surface area (Å²) >= 11 is 0. The number of aliphatic carboxylic acids is 1. The maximum atomic E-state index is 12.6. The topological polar surface area (TPSA) is 102 Å². The summed E-state index contributed by atoms with van der Waals surface area (Å²) in [5.74, 6) is -1.13. The van der Waals surface area contributed by atoms with E-state index in [9.17, 15) is 14.4 Å². The fourth-order valence-corrected chi connectivity index (χ4v) is 3.60. The van der Waals surface area contributed by atoms with Gasteiger partial charge in [0.15, 0.2) is 0 Å². The molecular formula is C19H23N3O5. The number of hydrogen-bond donors (Lipinski definition) is 1. The standard InChI is InChI=1S/C19H23N3O5/c1-12-4-3-5-15-18(12)20-11-21(19(15)26)7-6-16(23)22-10-14(27-2)8-13(22)9-17(24)25/h3-5,11,13-14H,6-10H2,1-2H3,(H,24,25). The van der Waals surface area contributed by atoms with Gasteiger partial charge in [0.1, 0.15) is 0 Å². The molecule has 0 bridgehead atoms. The van der Waals surface area contributed by atoms with E-state index in [1.54, 1.807) is 18.1 Å². The van der Waals surface area contributed by atoms with Crippen LogP contribution in [0.1, 0.15) is 24.8 Å². The largest absolute Gasteiger partial charge is 0.481 e. The zero-order chi connectivity index (χ0) is 19.6. The summed E-state index contributed by atoms with van der Waals surface area (Å²) in [5, 5.41) is 9.59. The van der Waals surface area contributed by atoms with Gasteiger partial charge in [0.25, 0.3) is 5.56 Å². The van der Waals surface area contributed by atoms with Crippen molar-refractivity contribution in [3.63, 3.8) is 0 Å². The summed E-state index contributed by atoms with van der Waals surface area (Å²) in [5.41, 5.74) is 1.40. The van der Waals surface area contributed by atoms with Crippen LogP contribution in [0.2, 0.25) is 0 Å². The number of methoxy groups -OCH3 is 1. The third-order valence-corrected chi connectivity index (χ3v) is 5.06. The second kappa shape index (κ2) is 7.87. The molecule has 0 radical (unpaired) electrons. The highest BCUT2D eigenvalue weighted by Gasteiger charge is 2.36. The van der Waals surface area contributed by atoms with E-state index in [4.69, 9.17) is 9.84 Å². The molecule has 1 N–H and O–H groups in total. The molecule has 144 valence electrons. The van der Waals surface area contributed by atoms with E-state index >= 15 is 0 Å². The molecule has 3 rings (SSSR count). The lowest BCUT2D eigenvalue weighted by molar-refractivity contribution is -0.140. The van der Waals surface area contributed by atoms with Crippen LogP contribution >= 0.6 is 0 Å². The van der Waals surface area contributed by atoms with Crippen molar-refractivity contribution in [3.05, 3.63) is 40.4 Å². The van der Waals surface area contributed by atoms with Crippen LogP contribution in [-0.2, 0) is 20.9 Å². The van der Waals surface area contributed by atoms with Crippen molar-refractivity contribution in [1.29, 1.82) is 0 Å². The molecule has 1 aromatic carbocycles. The summed E-state index contributed by atoms with van der Waals surface area (Å²) in [6, 6.07) is 5.05. The van der Waals surface area contributed by atoms with Gasteiger partial charge in [-0.05, 0) is 25.0 Å². The third-order valence-electron chi connectivity index (χ3n) is 5.06. The fourth-order valence-electron chi connectivity index (χ4n) is 3.60. The van der Waals surface area contributed by atoms with Crippen molar-refractivity contribution in [2.45, 2.75) is 44.9 Å². The first-order valence-corrected chi connectivity index (χ1v) is 8.89. The van der Waals surface area contributed by atoms with Gasteiger partial charge in [0.05, 0.1) is 29.8 Å². The van der Waals surface area contributed by atoms with Crippen LogP contribution in [0, 0.1) is 6.92 Å². The van der Waals surface area contributed by atoms with Crippen molar-refractivity contribution < 1.29 is 19.4 Å². The van der Waals surface area contributed by atoms with Gasteiger partial charge in [0.2, 0.25) is 5.91 Å². The number of para-hydroxylation sites is 1. The second-order valence-corrected chi connectivity index (χ2v) is 6.86. The Kier molecular flexibility index (Phi) is 5.55. The van der Waals surface area contributed by atoms with E-state index in [1.165, 1.54) is 10.9 Å². The molecule has 1 aliphatic heterocycles. The number of carbonyl (C=O) groups is 2. The Morgan fingerprint density at radius 3 is 2.85 bits per heavy atom. The first-order chi connectivity index (χ1) is 12.9. The second-order valence-electron chi connectivity index (χ2n) is 6.86. The molecule has 27 heavy (non-hydrogen) atoms. The molecule has 1 aromatic heterocycles. The first-order valence-electron chi connectivity index (χ1n) is 8.89. The predicted molar refractivity (Wildman–Crippen MR) is 98.5 cm³/mol. The molecule has 0 aliphatic carbocycles. The summed E-state index contributed by atoms with van der Waals surface area (Å²) in [4.78, 5) is 42.2. The average molecular weight is 373 g/mol. The Bertz CT molecular complexity index is 923. The van der Waals surface area contributed by atoms with Crippen molar-refractivity contribution in [2.24, 2.45) is 0 Å². The summed E-state index contributed by atoms with van der Waals surface area (Å²) in [6.07, 6.45) is 1.80. The molecule has 1 aliphatic rings. The molecule has 2 atom stereocenters. The van der Waals surface area contributed by atoms with Crippen LogP contribution in [0.5, 0.6) is 0 Å². The highest BCUT2D eigenvalue weighted by Crippen LogP contribution is 2.23. The number of fused-ring (bicyclic) bond motifs is 1. The van der Waals surface area contributed by atoms with Gasteiger partial charge in [0, 0.05) is 32.7 Å². The Morgan fingerprint density at radius 1 is 1.37 bits per heavy atom. The lowest BCUT2D eigenvalue weighted by Crippen LogP contribution is -2.38. The highest BCUT2D eigenvalue weighted by molar-refractivity contribution is 5.80. The Labute approximate surface area is 156 Å². The predicted octanol–water partition coefficient (Wildman–Crippen LogP) is 1.19. The van der Waals surface area contributed by atoms with E-state index in [-0.39, 0.29) is 43.0 Å². The smallest absolute Gasteiger partial charge is 0.305 e. The minimum atomic E-state index is -0.945. The van der Waals surface area contributed by atoms with Crippen LogP contribution in [0.3, 0.4) is 0 Å². The number of rotatable bonds is 6. The van der Waals surface area contributed by atoms with E-state index in [1.807, 2.05) is 19.1 Å². The number of nitrogens with zero attached hydrogens (tertiary/aromatic N) is 3. The average Bonchev–Trinajstić information content (AvgIpc) is 3.04. The summed E-state index contributed by atoms with van der Waals surface area (Å²) in [7, 11) is 1.55. The molecule has 1 saturated heterocycles. The maximum Gasteiger partial charge on any atom is 0.305 e. The number of carbonyl (C=O) groups excluding carboxylic acids is 1. The number of aromatic nitrogens is 2. The Hall–Kier alpha value is -2.74. The quantitative estimate of drug-likeness (QED) is 0.816. The van der Waals surface area contributed by atoms with E-state index < -0.39 is 5.97 Å². The number of aryl methyl sites for hydroxylation is 2. The molecular weight excluding hydrogens is 350 g/mol. The molecule has 1 amide bonds. The molecule has 2 heterocycles. The molecule has 0 spiro atoms. The minimum Gasteiger partial charge on any atom is -0.481 e. The van der Waals surface area contributed by atoms with Gasteiger partial charge in [-0.1, -0.05) is 12.1 Å². The SMILES string of the molecule is COC1CC(CC(=O)O)N(C(=O)CCn2cnc3c(C)cccc3c2=O)C1. The zero-order valence-corrected chi connectivity index (χ0v) is 15.4. The molecule has 8 nitrogen and oxygen atoms in total. The number of likely N-dealkylation sites (tertiary alicyclic amines) is 1. The normalized spacial score (nSPS) is 19.6. The minimum absolute atomic E-state index is 0.103. The number of benzene rings is 1. The zero-order valence-electron chi connectivity index (χ0n) is 15.4. The summed E-state index contributed by atoms with van der Waals surface area (Å²) in [6.45, 7) is 2.46. The maximum absolute atomic E-state index is 12.6. The van der Waals surface area contributed by atoms with Crippen LogP contribution in [0.25, 0.3) is 10.9 Å². The van der Waals surface area contributed by atoms with Gasteiger partial charge in [-0.2, -0.15) is 0 Å². The summed E-state index contributed by atoms with van der Waals surface area (Å²) < 4.78 is 6.72. The molecule has 1 fully saturated rings. The molecule has 8 heteroatoms. The van der Waals surface area contributed by atoms with Crippen LogP contribution in [-0.4, -0.2) is 57.2 Å². The lowest BCUT2D eigenvalue weighted by Gasteiger charge is -2.23. The van der Waals surface area contributed by atoms with Crippen molar-refractivity contribution in [2.75, 3.05) is 13.7 Å². The highest BCUT2D eigenvalue weighted by atomic mass is 16.5. The Balaban J connectivity index is 1.73. The molecule has 0 saturated carbocycles. The monoisotopic (exact) mass is 373 g/mol. The lowest BCUT2D eigenvalue weighted by atomic mass is 10.1. The van der Waals surface area contributed by atoms with E-state index in [0.29, 0.717) is 23.9 Å². The number of ether oxygens (including phenoxy) is 1. The van der Waals surface area contributed by atoms with Gasteiger partial charge in [-0.15, -0.1) is 0 Å². The van der Waals surface area contributed by atoms with Crippen LogP contribution < -0.4 is 5.56 Å². The van der Waals surface area contributed by atoms with Crippen molar-refractivity contribution in [1.82, 2.24) is 14.5 Å². The van der Waals surface area contributed by atoms with E-state index in [0.717, 1.165) is 5.56 Å². The number of carboxylic acid groups (broad SMARTS) is 1.